The number of ketones is 1. The average molecular weight is 462 g/mol. The zero-order valence-corrected chi connectivity index (χ0v) is 17.2. The molecule has 0 aliphatic carbocycles. The molecule has 3 aromatic carbocycles. The average Bonchev–Trinajstić information content (AvgIpc) is 2.74. The van der Waals surface area contributed by atoms with Crippen LogP contribution in [0, 0.1) is 0 Å². The summed E-state index contributed by atoms with van der Waals surface area (Å²) < 4.78 is 65.9. The van der Waals surface area contributed by atoms with Crippen molar-refractivity contribution >= 4 is 33.1 Å². The van der Waals surface area contributed by atoms with Gasteiger partial charge in [-0.3, -0.25) is 14.3 Å². The maximum atomic E-state index is 12.9. The molecule has 1 amide bonds. The van der Waals surface area contributed by atoms with Crippen molar-refractivity contribution in [1.29, 1.82) is 0 Å². The van der Waals surface area contributed by atoms with Crippen molar-refractivity contribution in [2.75, 3.05) is 10.0 Å². The Morgan fingerprint density at radius 2 is 1.47 bits per heavy atom. The minimum Gasteiger partial charge on any atom is -0.326 e. The van der Waals surface area contributed by atoms with Gasteiger partial charge in [0.25, 0.3) is 10.0 Å². The second-order valence-corrected chi connectivity index (χ2v) is 8.41. The highest BCUT2D eigenvalue weighted by atomic mass is 32.2. The molecule has 0 unspecified atom stereocenters. The van der Waals surface area contributed by atoms with Gasteiger partial charge in [-0.15, -0.1) is 0 Å². The molecule has 0 saturated heterocycles. The number of hydrogen-bond donors (Lipinski definition) is 2. The number of nitrogens with one attached hydrogen (secondary N) is 2. The van der Waals surface area contributed by atoms with Crippen LogP contribution < -0.4 is 10.0 Å². The number of anilines is 2. The first-order valence-corrected chi connectivity index (χ1v) is 10.7. The molecule has 0 radical (unpaired) electrons. The Bertz CT molecular complexity index is 1240. The first-order valence-electron chi connectivity index (χ1n) is 9.23. The van der Waals surface area contributed by atoms with Gasteiger partial charge in [0.05, 0.1) is 16.9 Å². The standard InChI is InChI=1S/C22H17F3N2O4S/c23-22(24,25)16-8-4-10-18(12-16)27-32(30,31)19-11-5-9-17(13-19)26-21(29)14-20(28)15-6-2-1-3-7-15/h1-13,27H,14H2,(H,26,29). The van der Waals surface area contributed by atoms with Crippen LogP contribution in [0.5, 0.6) is 0 Å². The van der Waals surface area contributed by atoms with Crippen LogP contribution in [0.1, 0.15) is 22.3 Å². The lowest BCUT2D eigenvalue weighted by molar-refractivity contribution is -0.137. The monoisotopic (exact) mass is 462 g/mol. The maximum Gasteiger partial charge on any atom is 0.416 e. The van der Waals surface area contributed by atoms with Gasteiger partial charge in [-0.1, -0.05) is 42.5 Å². The molecule has 0 fully saturated rings. The fourth-order valence-corrected chi connectivity index (χ4v) is 3.89. The minimum absolute atomic E-state index is 0.114. The highest BCUT2D eigenvalue weighted by Gasteiger charge is 2.30. The molecule has 0 saturated carbocycles. The minimum atomic E-state index is -4.62. The first-order chi connectivity index (χ1) is 15.0. The maximum absolute atomic E-state index is 12.9. The van der Waals surface area contributed by atoms with E-state index in [9.17, 15) is 31.2 Å². The highest BCUT2D eigenvalue weighted by molar-refractivity contribution is 7.92. The third-order valence-electron chi connectivity index (χ3n) is 4.29. The van der Waals surface area contributed by atoms with Crippen molar-refractivity contribution in [1.82, 2.24) is 0 Å². The van der Waals surface area contributed by atoms with Crippen molar-refractivity contribution in [3.63, 3.8) is 0 Å². The van der Waals surface area contributed by atoms with Crippen LogP contribution in [0.15, 0.2) is 83.8 Å². The van der Waals surface area contributed by atoms with Gasteiger partial charge in [-0.25, -0.2) is 8.42 Å². The van der Waals surface area contributed by atoms with Crippen LogP contribution in [0.3, 0.4) is 0 Å². The van der Waals surface area contributed by atoms with E-state index in [0.717, 1.165) is 18.2 Å². The van der Waals surface area contributed by atoms with Gasteiger partial charge in [0.15, 0.2) is 5.78 Å². The number of carbonyl (C=O) groups is 2. The summed E-state index contributed by atoms with van der Waals surface area (Å²) in [4.78, 5) is 24.0. The predicted molar refractivity (Wildman–Crippen MR) is 113 cm³/mol. The molecule has 0 aliphatic rings. The number of Topliss-reactive ketones (excluding diaryl/α,β-unsaturated/α-hetero) is 1. The summed E-state index contributed by atoms with van der Waals surface area (Å²) in [5, 5.41) is 2.45. The van der Waals surface area contributed by atoms with E-state index < -0.39 is 39.9 Å². The zero-order chi connectivity index (χ0) is 23.4. The number of carbonyl (C=O) groups excluding carboxylic acids is 2. The Balaban J connectivity index is 1.72. The summed E-state index contributed by atoms with van der Waals surface area (Å²) in [6.45, 7) is 0. The molecule has 0 aliphatic heterocycles. The molecule has 32 heavy (non-hydrogen) atoms. The number of benzene rings is 3. The Morgan fingerprint density at radius 1 is 0.812 bits per heavy atom. The third-order valence-corrected chi connectivity index (χ3v) is 5.67. The molecular formula is C22H17F3N2O4S. The van der Waals surface area contributed by atoms with Gasteiger partial charge < -0.3 is 5.32 Å². The second kappa shape index (κ2) is 9.23. The van der Waals surface area contributed by atoms with Crippen LogP contribution in [-0.2, 0) is 21.0 Å². The quantitative estimate of drug-likeness (QED) is 0.393. The molecule has 0 heterocycles. The fraction of sp³-hybridized carbons (Fsp3) is 0.0909. The summed E-state index contributed by atoms with van der Waals surface area (Å²) in [6, 6.07) is 17.1. The number of hydrogen-bond acceptors (Lipinski definition) is 4. The number of halogens is 3. The van der Waals surface area contributed by atoms with Gasteiger partial charge in [0.1, 0.15) is 0 Å². The van der Waals surface area contributed by atoms with Gasteiger partial charge in [-0.05, 0) is 36.4 Å². The van der Waals surface area contributed by atoms with Crippen LogP contribution in [-0.4, -0.2) is 20.1 Å². The molecule has 6 nitrogen and oxygen atoms in total. The molecule has 0 atom stereocenters. The molecule has 166 valence electrons. The van der Waals surface area contributed by atoms with E-state index in [2.05, 4.69) is 10.0 Å². The van der Waals surface area contributed by atoms with E-state index in [4.69, 9.17) is 0 Å². The molecule has 0 aromatic heterocycles. The van der Waals surface area contributed by atoms with Gasteiger partial charge in [-0.2, -0.15) is 13.2 Å². The summed E-state index contributed by atoms with van der Waals surface area (Å²) >= 11 is 0. The van der Waals surface area contributed by atoms with Crippen molar-refractivity contribution in [3.05, 3.63) is 90.0 Å². The largest absolute Gasteiger partial charge is 0.416 e. The van der Waals surface area contributed by atoms with Crippen LogP contribution in [0.4, 0.5) is 24.5 Å². The van der Waals surface area contributed by atoms with E-state index in [1.807, 2.05) is 0 Å². The topological polar surface area (TPSA) is 92.3 Å². The van der Waals surface area contributed by atoms with E-state index >= 15 is 0 Å². The number of amides is 1. The molecule has 0 spiro atoms. The number of alkyl halides is 3. The highest BCUT2D eigenvalue weighted by Crippen LogP contribution is 2.31. The lowest BCUT2D eigenvalue weighted by atomic mass is 10.1. The van der Waals surface area contributed by atoms with Gasteiger partial charge >= 0.3 is 6.18 Å². The Kier molecular flexibility index (Phi) is 6.64. The first kappa shape index (κ1) is 23.0. The summed E-state index contributed by atoms with van der Waals surface area (Å²) in [7, 11) is -4.24. The van der Waals surface area contributed by atoms with E-state index in [0.29, 0.717) is 11.6 Å². The molecular weight excluding hydrogens is 445 g/mol. The van der Waals surface area contributed by atoms with E-state index in [1.165, 1.54) is 24.3 Å². The van der Waals surface area contributed by atoms with Crippen molar-refractivity contribution < 1.29 is 31.2 Å². The molecule has 2 N–H and O–H groups in total. The van der Waals surface area contributed by atoms with E-state index in [1.54, 1.807) is 30.3 Å². The van der Waals surface area contributed by atoms with Crippen molar-refractivity contribution in [3.8, 4) is 0 Å². The number of sulfonamides is 1. The second-order valence-electron chi connectivity index (χ2n) is 6.73. The number of rotatable bonds is 7. The van der Waals surface area contributed by atoms with Crippen LogP contribution in [0.2, 0.25) is 0 Å². The Morgan fingerprint density at radius 3 is 2.16 bits per heavy atom. The van der Waals surface area contributed by atoms with Gasteiger partial charge in [0, 0.05) is 16.9 Å². The fourth-order valence-electron chi connectivity index (χ4n) is 2.79. The summed E-state index contributed by atoms with van der Waals surface area (Å²) in [6.07, 6.45) is -5.06. The molecule has 0 bridgehead atoms. The van der Waals surface area contributed by atoms with Crippen LogP contribution >= 0.6 is 0 Å². The van der Waals surface area contributed by atoms with Crippen molar-refractivity contribution in [2.45, 2.75) is 17.5 Å². The lowest BCUT2D eigenvalue weighted by Crippen LogP contribution is -2.17. The summed E-state index contributed by atoms with van der Waals surface area (Å²) in [5.74, 6) is -1.04. The molecule has 3 rings (SSSR count). The van der Waals surface area contributed by atoms with E-state index in [-0.39, 0.29) is 16.3 Å². The SMILES string of the molecule is O=C(CC(=O)c1ccccc1)Nc1cccc(S(=O)(=O)Nc2cccc(C(F)(F)F)c2)c1. The molecule has 3 aromatic rings. The van der Waals surface area contributed by atoms with Crippen LogP contribution in [0.25, 0.3) is 0 Å². The normalized spacial score (nSPS) is 11.6. The Hall–Kier alpha value is -3.66. The zero-order valence-electron chi connectivity index (χ0n) is 16.4. The Labute approximate surface area is 182 Å². The predicted octanol–water partition coefficient (Wildman–Crippen LogP) is 4.72. The third kappa shape index (κ3) is 5.94. The van der Waals surface area contributed by atoms with Gasteiger partial charge in [0.2, 0.25) is 5.91 Å². The lowest BCUT2D eigenvalue weighted by Gasteiger charge is -2.12. The smallest absolute Gasteiger partial charge is 0.326 e. The van der Waals surface area contributed by atoms with Crippen molar-refractivity contribution in [2.24, 2.45) is 0 Å². The summed E-state index contributed by atoms with van der Waals surface area (Å²) in [5.41, 5.74) is -0.781. The molecule has 10 heteroatoms.